The first-order valence-corrected chi connectivity index (χ1v) is 5.88. The molecule has 17 heavy (non-hydrogen) atoms. The summed E-state index contributed by atoms with van der Waals surface area (Å²) in [7, 11) is 0. The summed E-state index contributed by atoms with van der Waals surface area (Å²) in [6.07, 6.45) is 2.25. The van der Waals surface area contributed by atoms with Crippen LogP contribution >= 0.6 is 24.2 Å². The van der Waals surface area contributed by atoms with Crippen molar-refractivity contribution in [3.8, 4) is 0 Å². The minimum atomic E-state index is -4.22. The Labute approximate surface area is 108 Å². The lowest BCUT2D eigenvalue weighted by molar-refractivity contribution is -0.0328. The van der Waals surface area contributed by atoms with E-state index in [1.54, 1.807) is 12.1 Å². The van der Waals surface area contributed by atoms with Gasteiger partial charge in [-0.2, -0.15) is 13.2 Å². The fourth-order valence-electron chi connectivity index (χ4n) is 1.62. The molecule has 0 bridgehead atoms. The van der Waals surface area contributed by atoms with Crippen LogP contribution in [0, 0.1) is 5.92 Å². The van der Waals surface area contributed by atoms with Crippen molar-refractivity contribution in [2.75, 3.05) is 0 Å². The Morgan fingerprint density at radius 3 is 2.12 bits per heavy atom. The number of alkyl halides is 3. The molecule has 0 unspecified atom stereocenters. The summed E-state index contributed by atoms with van der Waals surface area (Å²) in [4.78, 5) is 0.208. The van der Waals surface area contributed by atoms with E-state index in [1.807, 2.05) is 0 Å². The lowest BCUT2D eigenvalue weighted by Gasteiger charge is -2.11. The molecule has 6 heteroatoms. The van der Waals surface area contributed by atoms with E-state index in [-0.39, 0.29) is 35.1 Å². The largest absolute Gasteiger partial charge is 0.446 e. The van der Waals surface area contributed by atoms with Gasteiger partial charge in [0.05, 0.1) is 0 Å². The highest BCUT2D eigenvalue weighted by Crippen LogP contribution is 2.41. The molecule has 1 aromatic carbocycles. The van der Waals surface area contributed by atoms with E-state index in [9.17, 15) is 13.2 Å². The minimum absolute atomic E-state index is 0. The van der Waals surface area contributed by atoms with Crippen LogP contribution in [0.25, 0.3) is 0 Å². The van der Waals surface area contributed by atoms with E-state index < -0.39 is 5.51 Å². The fourth-order valence-corrected chi connectivity index (χ4v) is 2.16. The summed E-state index contributed by atoms with van der Waals surface area (Å²) in [5, 5.41) is 0. The van der Waals surface area contributed by atoms with E-state index in [0.717, 1.165) is 18.4 Å². The molecule has 0 aromatic heterocycles. The van der Waals surface area contributed by atoms with Gasteiger partial charge in [0.2, 0.25) is 0 Å². The van der Waals surface area contributed by atoms with Crippen molar-refractivity contribution in [1.29, 1.82) is 0 Å². The molecule has 0 saturated heterocycles. The lowest BCUT2D eigenvalue weighted by Crippen LogP contribution is -2.12. The first-order valence-electron chi connectivity index (χ1n) is 5.07. The summed E-state index contributed by atoms with van der Waals surface area (Å²) in [5.41, 5.74) is 2.65. The average molecular weight is 284 g/mol. The molecule has 96 valence electrons. The predicted molar refractivity (Wildman–Crippen MR) is 65.3 cm³/mol. The topological polar surface area (TPSA) is 26.0 Å². The quantitative estimate of drug-likeness (QED) is 0.844. The van der Waals surface area contributed by atoms with Crippen LogP contribution in [0.5, 0.6) is 0 Å². The van der Waals surface area contributed by atoms with Gasteiger partial charge in [-0.05, 0) is 48.2 Å². The molecule has 0 radical (unpaired) electrons. The maximum atomic E-state index is 12.1. The molecular weight excluding hydrogens is 271 g/mol. The van der Waals surface area contributed by atoms with Crippen LogP contribution in [0.15, 0.2) is 29.2 Å². The van der Waals surface area contributed by atoms with Gasteiger partial charge in [0.15, 0.2) is 0 Å². The molecule has 1 aromatic rings. The highest BCUT2D eigenvalue weighted by Gasteiger charge is 2.31. The number of halogens is 4. The lowest BCUT2D eigenvalue weighted by atomic mass is 10.0. The van der Waals surface area contributed by atoms with Crippen LogP contribution in [0.1, 0.15) is 24.4 Å². The third-order valence-corrected chi connectivity index (χ3v) is 3.37. The van der Waals surface area contributed by atoms with Gasteiger partial charge in [-0.15, -0.1) is 12.4 Å². The van der Waals surface area contributed by atoms with Gasteiger partial charge in [-0.1, -0.05) is 12.1 Å². The number of nitrogens with two attached hydrogens (primary N) is 1. The van der Waals surface area contributed by atoms with Crippen molar-refractivity contribution >= 4 is 24.2 Å². The smallest absolute Gasteiger partial charge is 0.324 e. The maximum Gasteiger partial charge on any atom is 0.446 e. The van der Waals surface area contributed by atoms with Crippen molar-refractivity contribution in [3.63, 3.8) is 0 Å². The summed E-state index contributed by atoms with van der Waals surface area (Å²) < 4.78 is 36.2. The number of thioether (sulfide) groups is 1. The van der Waals surface area contributed by atoms with E-state index in [0.29, 0.717) is 5.92 Å². The summed E-state index contributed by atoms with van der Waals surface area (Å²) in [6, 6.07) is 6.32. The van der Waals surface area contributed by atoms with Crippen LogP contribution in [0.2, 0.25) is 0 Å². The monoisotopic (exact) mass is 283 g/mol. The fraction of sp³-hybridized carbons (Fsp3) is 0.455. The predicted octanol–water partition coefficient (Wildman–Crippen LogP) is 4.13. The Bertz CT molecular complexity index is 362. The van der Waals surface area contributed by atoms with E-state index in [4.69, 9.17) is 5.73 Å². The Balaban J connectivity index is 0.00000144. The van der Waals surface area contributed by atoms with Gasteiger partial charge < -0.3 is 5.73 Å². The van der Waals surface area contributed by atoms with E-state index in [2.05, 4.69) is 0 Å². The SMILES string of the molecule is Cl.N[C@@H](c1ccc(SC(F)(F)F)cc1)C1CC1. The molecule has 2 N–H and O–H groups in total. The van der Waals surface area contributed by atoms with Gasteiger partial charge in [0, 0.05) is 10.9 Å². The van der Waals surface area contributed by atoms with Gasteiger partial charge >= 0.3 is 5.51 Å². The number of hydrogen-bond donors (Lipinski definition) is 1. The summed E-state index contributed by atoms with van der Waals surface area (Å²) in [6.45, 7) is 0. The normalized spacial score (nSPS) is 17.4. The van der Waals surface area contributed by atoms with Crippen molar-refractivity contribution < 1.29 is 13.2 Å². The van der Waals surface area contributed by atoms with Crippen LogP contribution in [0.4, 0.5) is 13.2 Å². The van der Waals surface area contributed by atoms with E-state index >= 15 is 0 Å². The zero-order valence-corrected chi connectivity index (χ0v) is 10.5. The van der Waals surface area contributed by atoms with E-state index in [1.165, 1.54) is 12.1 Å². The third kappa shape index (κ3) is 4.41. The second kappa shape index (κ2) is 5.50. The number of hydrogen-bond acceptors (Lipinski definition) is 2. The number of rotatable bonds is 3. The molecule has 0 spiro atoms. The molecule has 0 aliphatic heterocycles. The molecule has 1 aliphatic carbocycles. The molecular formula is C11H13ClF3NS. The number of benzene rings is 1. The van der Waals surface area contributed by atoms with Gasteiger partial charge in [-0.3, -0.25) is 0 Å². The molecule has 1 aliphatic rings. The highest BCUT2D eigenvalue weighted by atomic mass is 35.5. The van der Waals surface area contributed by atoms with Crippen molar-refractivity contribution in [3.05, 3.63) is 29.8 Å². The zero-order valence-electron chi connectivity index (χ0n) is 8.91. The Morgan fingerprint density at radius 1 is 1.18 bits per heavy atom. The first-order chi connectivity index (χ1) is 7.46. The van der Waals surface area contributed by atoms with Gasteiger partial charge in [0.1, 0.15) is 0 Å². The molecule has 0 amide bonds. The van der Waals surface area contributed by atoms with Crippen LogP contribution < -0.4 is 5.73 Å². The molecule has 1 atom stereocenters. The van der Waals surface area contributed by atoms with Gasteiger partial charge in [0.25, 0.3) is 0 Å². The van der Waals surface area contributed by atoms with Crippen molar-refractivity contribution in [2.45, 2.75) is 29.3 Å². The average Bonchev–Trinajstić information content (AvgIpc) is 2.98. The molecule has 0 heterocycles. The molecule has 1 saturated carbocycles. The second-order valence-corrected chi connectivity index (χ2v) is 5.12. The third-order valence-electron chi connectivity index (χ3n) is 2.63. The first kappa shape index (κ1) is 14.7. The van der Waals surface area contributed by atoms with Crippen molar-refractivity contribution in [2.24, 2.45) is 11.7 Å². The summed E-state index contributed by atoms with van der Waals surface area (Å²) >= 11 is -0.0956. The molecule has 1 fully saturated rings. The maximum absolute atomic E-state index is 12.1. The Kier molecular flexibility index (Phi) is 4.75. The van der Waals surface area contributed by atoms with Crippen LogP contribution in [0.3, 0.4) is 0 Å². The van der Waals surface area contributed by atoms with Gasteiger partial charge in [-0.25, -0.2) is 0 Å². The standard InChI is InChI=1S/C11H12F3NS.ClH/c12-11(13,14)16-9-5-3-8(4-6-9)10(15)7-1-2-7;/h3-7,10H,1-2,15H2;1H/t10-;/m1./s1. The highest BCUT2D eigenvalue weighted by molar-refractivity contribution is 8.00. The van der Waals surface area contributed by atoms with Crippen molar-refractivity contribution in [1.82, 2.24) is 0 Å². The second-order valence-electron chi connectivity index (χ2n) is 3.98. The minimum Gasteiger partial charge on any atom is -0.324 e. The van der Waals surface area contributed by atoms with Crippen LogP contribution in [-0.2, 0) is 0 Å². The Hall–Kier alpha value is -0.390. The Morgan fingerprint density at radius 2 is 1.71 bits per heavy atom. The molecule has 2 rings (SSSR count). The van der Waals surface area contributed by atoms with Crippen LogP contribution in [-0.4, -0.2) is 5.51 Å². The summed E-state index contributed by atoms with van der Waals surface area (Å²) in [5.74, 6) is 0.515. The molecule has 1 nitrogen and oxygen atoms in total. The zero-order chi connectivity index (χ0) is 11.8.